The molecule has 4 heterocycles. The lowest BCUT2D eigenvalue weighted by molar-refractivity contribution is 0.122. The van der Waals surface area contributed by atoms with Gasteiger partial charge in [0, 0.05) is 49.0 Å². The molecular formula is C26H27F2N5O2. The number of H-pyrrole nitrogens is 1. The molecule has 1 N–H and O–H groups in total. The fourth-order valence-electron chi connectivity index (χ4n) is 4.56. The van der Waals surface area contributed by atoms with E-state index in [1.165, 1.54) is 6.07 Å². The lowest BCUT2D eigenvalue weighted by Gasteiger charge is -2.28. The van der Waals surface area contributed by atoms with E-state index >= 15 is 0 Å². The van der Waals surface area contributed by atoms with Crippen molar-refractivity contribution in [3.05, 3.63) is 82.5 Å². The quantitative estimate of drug-likeness (QED) is 0.457. The Morgan fingerprint density at radius 3 is 2.63 bits per heavy atom. The maximum atomic E-state index is 14.0. The van der Waals surface area contributed by atoms with Crippen molar-refractivity contribution >= 4 is 16.7 Å². The Hall–Kier alpha value is -3.56. The van der Waals surface area contributed by atoms with Crippen LogP contribution in [0, 0.1) is 11.6 Å². The molecule has 1 fully saturated rings. The predicted molar refractivity (Wildman–Crippen MR) is 132 cm³/mol. The van der Waals surface area contributed by atoms with Crippen LogP contribution in [-0.2, 0) is 4.74 Å². The van der Waals surface area contributed by atoms with Crippen molar-refractivity contribution in [3.63, 3.8) is 0 Å². The monoisotopic (exact) mass is 479 g/mol. The van der Waals surface area contributed by atoms with Crippen LogP contribution in [0.1, 0.15) is 11.6 Å². The molecule has 182 valence electrons. The zero-order valence-corrected chi connectivity index (χ0v) is 19.7. The van der Waals surface area contributed by atoms with Gasteiger partial charge in [-0.3, -0.25) is 4.79 Å². The number of ether oxygens (including phenoxy) is 1. The topological polar surface area (TPSA) is 66.4 Å². The highest BCUT2D eigenvalue weighted by Gasteiger charge is 2.20. The van der Waals surface area contributed by atoms with Crippen molar-refractivity contribution in [2.24, 2.45) is 0 Å². The number of benzene rings is 1. The van der Waals surface area contributed by atoms with Gasteiger partial charge in [-0.25, -0.2) is 13.8 Å². The molecule has 1 aliphatic rings. The normalized spacial score (nSPS) is 15.2. The van der Waals surface area contributed by atoms with Crippen LogP contribution in [0.5, 0.6) is 0 Å². The number of rotatable bonds is 6. The van der Waals surface area contributed by atoms with E-state index in [2.05, 4.69) is 20.9 Å². The molecule has 0 amide bonds. The molecule has 0 spiro atoms. The number of aromatic amines is 1. The molecule has 0 aliphatic carbocycles. The number of halogens is 2. The van der Waals surface area contributed by atoms with Gasteiger partial charge in [-0.1, -0.05) is 6.07 Å². The second kappa shape index (κ2) is 9.59. The van der Waals surface area contributed by atoms with Gasteiger partial charge in [0.2, 0.25) is 0 Å². The van der Waals surface area contributed by atoms with Gasteiger partial charge in [0.05, 0.1) is 31.1 Å². The zero-order chi connectivity index (χ0) is 24.5. The first-order chi connectivity index (χ1) is 16.9. The van der Waals surface area contributed by atoms with Crippen LogP contribution >= 0.6 is 0 Å². The number of nitrogens with one attached hydrogen (secondary N) is 1. The smallest absolute Gasteiger partial charge is 0.251 e. The number of anilines is 1. The molecule has 5 rings (SSSR count). The van der Waals surface area contributed by atoms with E-state index in [1.807, 2.05) is 37.5 Å². The van der Waals surface area contributed by atoms with Gasteiger partial charge >= 0.3 is 0 Å². The summed E-state index contributed by atoms with van der Waals surface area (Å²) in [6.07, 6.45) is 5.41. The molecule has 1 aliphatic heterocycles. The highest BCUT2D eigenvalue weighted by molar-refractivity contribution is 5.95. The van der Waals surface area contributed by atoms with Gasteiger partial charge < -0.3 is 24.1 Å². The first-order valence-corrected chi connectivity index (χ1v) is 11.5. The van der Waals surface area contributed by atoms with Crippen molar-refractivity contribution in [2.75, 3.05) is 51.8 Å². The second-order valence-corrected chi connectivity index (χ2v) is 9.00. The van der Waals surface area contributed by atoms with Crippen molar-refractivity contribution in [3.8, 4) is 11.1 Å². The summed E-state index contributed by atoms with van der Waals surface area (Å²) in [6.45, 7) is 3.43. The van der Waals surface area contributed by atoms with E-state index in [0.29, 0.717) is 25.3 Å². The van der Waals surface area contributed by atoms with Crippen molar-refractivity contribution in [2.45, 2.75) is 6.04 Å². The summed E-state index contributed by atoms with van der Waals surface area (Å²) in [4.78, 5) is 25.2. The number of hydrogen-bond donors (Lipinski definition) is 1. The van der Waals surface area contributed by atoms with Crippen LogP contribution in [0.15, 0.2) is 59.8 Å². The molecule has 9 heteroatoms. The third-order valence-corrected chi connectivity index (χ3v) is 6.35. The van der Waals surface area contributed by atoms with E-state index < -0.39 is 17.7 Å². The Labute approximate surface area is 201 Å². The van der Waals surface area contributed by atoms with Gasteiger partial charge in [0.1, 0.15) is 5.65 Å². The van der Waals surface area contributed by atoms with E-state index in [-0.39, 0.29) is 5.56 Å². The number of aromatic nitrogens is 3. The van der Waals surface area contributed by atoms with Crippen molar-refractivity contribution in [1.82, 2.24) is 19.4 Å². The fourth-order valence-corrected chi connectivity index (χ4v) is 4.56. The Bertz CT molecular complexity index is 1410. The summed E-state index contributed by atoms with van der Waals surface area (Å²) in [5.74, 6) is -1.84. The number of likely N-dealkylation sites (N-methyl/N-ethyl adjacent to an activating group) is 1. The summed E-state index contributed by atoms with van der Waals surface area (Å²) >= 11 is 0. The Balaban J connectivity index is 1.52. The third-order valence-electron chi connectivity index (χ3n) is 6.35. The van der Waals surface area contributed by atoms with Crippen LogP contribution in [0.25, 0.3) is 22.2 Å². The van der Waals surface area contributed by atoms with Gasteiger partial charge in [0.15, 0.2) is 11.6 Å². The average Bonchev–Trinajstić information content (AvgIpc) is 3.28. The van der Waals surface area contributed by atoms with E-state index in [0.717, 1.165) is 53.1 Å². The number of morpholine rings is 1. The summed E-state index contributed by atoms with van der Waals surface area (Å²) in [5.41, 5.74) is 3.69. The van der Waals surface area contributed by atoms with Gasteiger partial charge in [0.25, 0.3) is 5.56 Å². The minimum atomic E-state index is -0.932. The minimum absolute atomic E-state index is 0.231. The van der Waals surface area contributed by atoms with E-state index in [4.69, 9.17) is 4.74 Å². The molecule has 0 unspecified atom stereocenters. The summed E-state index contributed by atoms with van der Waals surface area (Å²) in [5, 5.41) is 0.927. The van der Waals surface area contributed by atoms with E-state index in [9.17, 15) is 13.6 Å². The molecule has 1 atom stereocenters. The van der Waals surface area contributed by atoms with Crippen LogP contribution in [0.2, 0.25) is 0 Å². The van der Waals surface area contributed by atoms with Crippen molar-refractivity contribution in [1.29, 1.82) is 0 Å². The minimum Gasteiger partial charge on any atom is -0.378 e. The maximum absolute atomic E-state index is 14.0. The van der Waals surface area contributed by atoms with Gasteiger partial charge in [-0.15, -0.1) is 0 Å². The molecule has 0 radical (unpaired) electrons. The van der Waals surface area contributed by atoms with Crippen molar-refractivity contribution < 1.29 is 13.5 Å². The number of fused-ring (bicyclic) bond motifs is 1. The summed E-state index contributed by atoms with van der Waals surface area (Å²) in [6, 6.07) is 8.83. The standard InChI is InChI=1S/C26H27F2N5O2/c1-31(2)16-24(18-3-4-22(27)23(28)11-18)33-6-5-17(12-25(33)34)21-15-30-26-20(21)13-19(14-29-26)32-7-9-35-10-8-32/h3-6,11-15,24H,7-10,16H2,1-2H3,(H,29,30)/t24-/m1/s1. The largest absolute Gasteiger partial charge is 0.378 e. The maximum Gasteiger partial charge on any atom is 0.251 e. The molecule has 35 heavy (non-hydrogen) atoms. The fraction of sp³-hybridized carbons (Fsp3) is 0.308. The zero-order valence-electron chi connectivity index (χ0n) is 19.7. The highest BCUT2D eigenvalue weighted by atomic mass is 19.2. The number of nitrogens with zero attached hydrogens (tertiary/aromatic N) is 4. The van der Waals surface area contributed by atoms with Crippen LogP contribution in [0.3, 0.4) is 0 Å². The lowest BCUT2D eigenvalue weighted by atomic mass is 10.0. The molecule has 1 saturated heterocycles. The molecule has 4 aromatic rings. The molecule has 3 aromatic heterocycles. The second-order valence-electron chi connectivity index (χ2n) is 9.00. The van der Waals surface area contributed by atoms with Gasteiger partial charge in [-0.2, -0.15) is 0 Å². The SMILES string of the molecule is CN(C)C[C@H](c1ccc(F)c(F)c1)n1ccc(-c2c[nH]c3ncc(N4CCOCC4)cc23)cc1=O. The Morgan fingerprint density at radius 1 is 1.11 bits per heavy atom. The molecule has 1 aromatic carbocycles. The Kier molecular flexibility index (Phi) is 6.36. The summed E-state index contributed by atoms with van der Waals surface area (Å²) < 4.78 is 34.5. The predicted octanol–water partition coefficient (Wildman–Crippen LogP) is 3.66. The third kappa shape index (κ3) is 4.69. The summed E-state index contributed by atoms with van der Waals surface area (Å²) in [7, 11) is 3.74. The highest BCUT2D eigenvalue weighted by Crippen LogP contribution is 2.30. The average molecular weight is 480 g/mol. The molecular weight excluding hydrogens is 452 g/mol. The number of pyridine rings is 2. The first kappa shape index (κ1) is 23.2. The molecule has 0 bridgehead atoms. The van der Waals surface area contributed by atoms with Crippen LogP contribution in [-0.4, -0.2) is 66.4 Å². The first-order valence-electron chi connectivity index (χ1n) is 11.5. The van der Waals surface area contributed by atoms with E-state index in [1.54, 1.807) is 16.8 Å². The number of hydrogen-bond acceptors (Lipinski definition) is 5. The Morgan fingerprint density at radius 2 is 1.91 bits per heavy atom. The molecule has 7 nitrogen and oxygen atoms in total. The lowest BCUT2D eigenvalue weighted by Crippen LogP contribution is -2.36. The van der Waals surface area contributed by atoms with Crippen LogP contribution in [0.4, 0.5) is 14.5 Å². The van der Waals surface area contributed by atoms with Crippen LogP contribution < -0.4 is 10.5 Å². The molecule has 0 saturated carbocycles. The van der Waals surface area contributed by atoms with Gasteiger partial charge in [-0.05, 0) is 49.5 Å².